The number of piperidine rings is 1. The second-order valence-electron chi connectivity index (χ2n) is 6.65. The molecular weight excluding hydrogens is 253 g/mol. The van der Waals surface area contributed by atoms with Crippen LogP contribution in [-0.2, 0) is 11.8 Å². The molecule has 2 nitrogen and oxygen atoms in total. The molecule has 3 rings (SSSR count). The SMILES string of the molecule is C[C@@H]1C2Cc3ccc(O)cc3[C@]1(C)CCN2CCCF. The van der Waals surface area contributed by atoms with Crippen LogP contribution >= 0.6 is 0 Å². The smallest absolute Gasteiger partial charge is 0.115 e. The van der Waals surface area contributed by atoms with Gasteiger partial charge in [-0.1, -0.05) is 19.9 Å². The van der Waals surface area contributed by atoms with Crippen LogP contribution in [0.15, 0.2) is 18.2 Å². The highest BCUT2D eigenvalue weighted by Crippen LogP contribution is 2.49. The Balaban J connectivity index is 1.95. The third kappa shape index (κ3) is 2.03. The number of rotatable bonds is 3. The average molecular weight is 277 g/mol. The molecular formula is C17H24FNO. The number of likely N-dealkylation sites (tertiary alicyclic amines) is 1. The Morgan fingerprint density at radius 1 is 1.45 bits per heavy atom. The topological polar surface area (TPSA) is 23.5 Å². The van der Waals surface area contributed by atoms with Gasteiger partial charge in [-0.3, -0.25) is 9.29 Å². The third-order valence-corrected chi connectivity index (χ3v) is 5.69. The first-order chi connectivity index (χ1) is 9.56. The van der Waals surface area contributed by atoms with Gasteiger partial charge in [-0.25, -0.2) is 0 Å². The minimum Gasteiger partial charge on any atom is -0.508 e. The van der Waals surface area contributed by atoms with Crippen molar-refractivity contribution in [3.8, 4) is 5.75 Å². The Morgan fingerprint density at radius 3 is 3.00 bits per heavy atom. The van der Waals surface area contributed by atoms with Crippen molar-refractivity contribution < 1.29 is 9.50 Å². The fourth-order valence-electron chi connectivity index (χ4n) is 4.24. The summed E-state index contributed by atoms with van der Waals surface area (Å²) in [6.07, 6.45) is 2.76. The largest absolute Gasteiger partial charge is 0.508 e. The number of hydrogen-bond acceptors (Lipinski definition) is 2. The molecule has 0 saturated carbocycles. The summed E-state index contributed by atoms with van der Waals surface area (Å²) in [5.74, 6) is 0.917. The molecule has 0 amide bonds. The van der Waals surface area contributed by atoms with Crippen LogP contribution < -0.4 is 0 Å². The maximum atomic E-state index is 12.5. The van der Waals surface area contributed by atoms with E-state index in [2.05, 4.69) is 24.8 Å². The molecule has 1 aromatic carbocycles. The first kappa shape index (κ1) is 13.9. The van der Waals surface area contributed by atoms with Gasteiger partial charge < -0.3 is 5.11 Å². The van der Waals surface area contributed by atoms with E-state index in [1.807, 2.05) is 6.07 Å². The van der Waals surface area contributed by atoms with Gasteiger partial charge in [0.15, 0.2) is 0 Å². The van der Waals surface area contributed by atoms with E-state index in [4.69, 9.17) is 0 Å². The van der Waals surface area contributed by atoms with Crippen molar-refractivity contribution in [2.75, 3.05) is 19.8 Å². The molecule has 1 heterocycles. The summed E-state index contributed by atoms with van der Waals surface area (Å²) >= 11 is 0. The Labute approximate surface area is 120 Å². The molecule has 2 aliphatic rings. The number of phenolic OH excluding ortho intramolecular Hbond substituents is 1. The zero-order chi connectivity index (χ0) is 14.3. The third-order valence-electron chi connectivity index (χ3n) is 5.69. The standard InChI is InChI=1S/C17H24FNO/c1-12-16-10-13-4-5-14(20)11-15(13)17(12,2)6-9-19(16)8-3-7-18/h4-5,11-12,16,20H,3,6-10H2,1-2H3/t12-,16?,17-/m1/s1. The second-order valence-corrected chi connectivity index (χ2v) is 6.65. The van der Waals surface area contributed by atoms with Gasteiger partial charge in [-0.05, 0) is 60.4 Å². The first-order valence-electron chi connectivity index (χ1n) is 7.68. The molecule has 0 aromatic heterocycles. The predicted octanol–water partition coefficient (Wildman–Crippen LogP) is 3.28. The number of phenols is 1. The molecule has 1 aromatic rings. The Bertz CT molecular complexity index is 504. The number of fused-ring (bicyclic) bond motifs is 4. The molecule has 0 spiro atoms. The Kier molecular flexibility index (Phi) is 3.49. The zero-order valence-electron chi connectivity index (χ0n) is 12.4. The minimum absolute atomic E-state index is 0.142. The summed E-state index contributed by atoms with van der Waals surface area (Å²) in [5.41, 5.74) is 2.83. The molecule has 2 bridgehead atoms. The number of halogens is 1. The first-order valence-corrected chi connectivity index (χ1v) is 7.68. The maximum absolute atomic E-state index is 12.5. The quantitative estimate of drug-likeness (QED) is 0.916. The molecule has 1 unspecified atom stereocenters. The van der Waals surface area contributed by atoms with Crippen LogP contribution in [0, 0.1) is 5.92 Å². The molecule has 3 atom stereocenters. The lowest BCUT2D eigenvalue weighted by atomic mass is 9.59. The highest BCUT2D eigenvalue weighted by atomic mass is 19.1. The fraction of sp³-hybridized carbons (Fsp3) is 0.647. The lowest BCUT2D eigenvalue weighted by Crippen LogP contribution is -2.58. The number of aromatic hydroxyl groups is 1. The van der Waals surface area contributed by atoms with Crippen LogP contribution in [0.25, 0.3) is 0 Å². The lowest BCUT2D eigenvalue weighted by Gasteiger charge is -2.54. The molecule has 1 saturated heterocycles. The Morgan fingerprint density at radius 2 is 2.25 bits per heavy atom. The normalized spacial score (nSPS) is 33.0. The monoisotopic (exact) mass is 277 g/mol. The summed E-state index contributed by atoms with van der Waals surface area (Å²) in [7, 11) is 0. The average Bonchev–Trinajstić information content (AvgIpc) is 2.43. The van der Waals surface area contributed by atoms with Gasteiger partial charge in [0.1, 0.15) is 5.75 Å². The lowest BCUT2D eigenvalue weighted by molar-refractivity contribution is 0.0296. The van der Waals surface area contributed by atoms with Gasteiger partial charge in [0.2, 0.25) is 0 Å². The molecule has 0 radical (unpaired) electrons. The molecule has 110 valence electrons. The van der Waals surface area contributed by atoms with Crippen LogP contribution in [0.5, 0.6) is 5.75 Å². The number of nitrogens with zero attached hydrogens (tertiary/aromatic N) is 1. The number of benzene rings is 1. The van der Waals surface area contributed by atoms with E-state index in [0.29, 0.717) is 24.1 Å². The van der Waals surface area contributed by atoms with Crippen molar-refractivity contribution in [3.05, 3.63) is 29.3 Å². The molecule has 3 heteroatoms. The fourth-order valence-corrected chi connectivity index (χ4v) is 4.24. The molecule has 1 N–H and O–H groups in total. The van der Waals surface area contributed by atoms with Crippen LogP contribution in [0.4, 0.5) is 4.39 Å². The van der Waals surface area contributed by atoms with Crippen molar-refractivity contribution in [2.24, 2.45) is 5.92 Å². The highest BCUT2D eigenvalue weighted by molar-refractivity contribution is 5.44. The van der Waals surface area contributed by atoms with Crippen molar-refractivity contribution in [2.45, 2.75) is 44.6 Å². The van der Waals surface area contributed by atoms with Gasteiger partial charge in [0.25, 0.3) is 0 Å². The zero-order valence-corrected chi connectivity index (χ0v) is 12.4. The number of hydrogen-bond donors (Lipinski definition) is 1. The summed E-state index contributed by atoms with van der Waals surface area (Å²) in [6, 6.07) is 6.33. The van der Waals surface area contributed by atoms with Crippen molar-refractivity contribution in [1.29, 1.82) is 0 Å². The van der Waals surface area contributed by atoms with Gasteiger partial charge in [-0.2, -0.15) is 0 Å². The summed E-state index contributed by atoms with van der Waals surface area (Å²) in [6.45, 7) is 6.34. The van der Waals surface area contributed by atoms with Crippen molar-refractivity contribution in [3.63, 3.8) is 0 Å². The molecule has 1 aliphatic carbocycles. The van der Waals surface area contributed by atoms with Crippen molar-refractivity contribution in [1.82, 2.24) is 4.90 Å². The summed E-state index contributed by atoms with van der Waals surface area (Å²) in [4.78, 5) is 2.47. The van der Waals surface area contributed by atoms with Crippen LogP contribution in [0.2, 0.25) is 0 Å². The number of alkyl halides is 1. The van der Waals surface area contributed by atoms with Crippen LogP contribution in [-0.4, -0.2) is 35.8 Å². The van der Waals surface area contributed by atoms with Crippen LogP contribution in [0.3, 0.4) is 0 Å². The van der Waals surface area contributed by atoms with Crippen molar-refractivity contribution >= 4 is 0 Å². The summed E-state index contributed by atoms with van der Waals surface area (Å²) < 4.78 is 12.5. The molecule has 20 heavy (non-hydrogen) atoms. The van der Waals surface area contributed by atoms with Gasteiger partial charge in [0, 0.05) is 12.6 Å². The summed E-state index contributed by atoms with van der Waals surface area (Å²) in [5, 5.41) is 9.80. The maximum Gasteiger partial charge on any atom is 0.115 e. The van der Waals surface area contributed by atoms with Gasteiger partial charge >= 0.3 is 0 Å². The van der Waals surface area contributed by atoms with E-state index < -0.39 is 0 Å². The second kappa shape index (κ2) is 5.03. The van der Waals surface area contributed by atoms with E-state index in [-0.39, 0.29) is 12.1 Å². The molecule has 1 fully saturated rings. The van der Waals surface area contributed by atoms with Crippen LogP contribution in [0.1, 0.15) is 37.8 Å². The highest BCUT2D eigenvalue weighted by Gasteiger charge is 2.48. The van der Waals surface area contributed by atoms with E-state index in [1.165, 1.54) is 11.1 Å². The van der Waals surface area contributed by atoms with E-state index in [9.17, 15) is 9.50 Å². The van der Waals surface area contributed by atoms with Gasteiger partial charge in [0.05, 0.1) is 6.67 Å². The van der Waals surface area contributed by atoms with E-state index in [1.54, 1.807) is 6.07 Å². The van der Waals surface area contributed by atoms with E-state index >= 15 is 0 Å². The minimum atomic E-state index is -0.223. The van der Waals surface area contributed by atoms with Gasteiger partial charge in [-0.15, -0.1) is 0 Å². The predicted molar refractivity (Wildman–Crippen MR) is 78.9 cm³/mol. The van der Waals surface area contributed by atoms with E-state index in [0.717, 1.165) is 25.9 Å². The Hall–Kier alpha value is -1.09. The molecule has 1 aliphatic heterocycles.